The quantitative estimate of drug-likeness (QED) is 0.605. The Morgan fingerprint density at radius 3 is 3.25 bits per heavy atom. The molecule has 62 valence electrons. The number of esters is 1. The van der Waals surface area contributed by atoms with Crippen LogP contribution in [-0.4, -0.2) is 17.6 Å². The van der Waals surface area contributed by atoms with Gasteiger partial charge in [0.15, 0.2) is 12.1 Å². The zero-order chi connectivity index (χ0) is 8.97. The first-order valence-corrected chi connectivity index (χ1v) is 3.30. The number of nitriles is 1. The predicted octanol–water partition coefficient (Wildman–Crippen LogP) is 0.723. The molecule has 1 heterocycles. The summed E-state index contributed by atoms with van der Waals surface area (Å²) < 4.78 is 9.27. The molecule has 0 amide bonds. The first-order valence-electron chi connectivity index (χ1n) is 3.30. The van der Waals surface area contributed by atoms with Gasteiger partial charge in [-0.1, -0.05) is 0 Å². The summed E-state index contributed by atoms with van der Waals surface area (Å²) in [5.41, 5.74) is -0.0477. The molecule has 0 bridgehead atoms. The van der Waals surface area contributed by atoms with Gasteiger partial charge in [0.05, 0.1) is 6.61 Å². The molecule has 0 unspecified atom stereocenters. The number of rotatable bonds is 2. The van der Waals surface area contributed by atoms with Gasteiger partial charge in [-0.05, 0) is 6.92 Å². The normalized spacial score (nSPS) is 9.00. The van der Waals surface area contributed by atoms with Gasteiger partial charge in [0.2, 0.25) is 5.76 Å². The van der Waals surface area contributed by atoms with E-state index < -0.39 is 5.97 Å². The Hall–Kier alpha value is -1.83. The number of carbonyl (C=O) groups excluding carboxylic acids is 1. The van der Waals surface area contributed by atoms with E-state index in [0.717, 1.165) is 6.39 Å². The van der Waals surface area contributed by atoms with Gasteiger partial charge in [0.25, 0.3) is 0 Å². The Bertz CT molecular complexity index is 324. The van der Waals surface area contributed by atoms with Crippen molar-refractivity contribution in [2.24, 2.45) is 0 Å². The van der Waals surface area contributed by atoms with E-state index in [2.05, 4.69) is 14.1 Å². The van der Waals surface area contributed by atoms with Crippen molar-refractivity contribution in [3.8, 4) is 6.07 Å². The van der Waals surface area contributed by atoms with Crippen LogP contribution in [0.5, 0.6) is 0 Å². The van der Waals surface area contributed by atoms with Crippen LogP contribution in [0.4, 0.5) is 0 Å². The van der Waals surface area contributed by atoms with E-state index in [1.165, 1.54) is 0 Å². The van der Waals surface area contributed by atoms with Crippen molar-refractivity contribution in [2.45, 2.75) is 6.92 Å². The van der Waals surface area contributed by atoms with Gasteiger partial charge >= 0.3 is 5.97 Å². The maximum absolute atomic E-state index is 11.0. The number of nitrogens with zero attached hydrogens (tertiary/aromatic N) is 2. The molecule has 0 spiro atoms. The third-order valence-electron chi connectivity index (χ3n) is 1.13. The predicted molar refractivity (Wildman–Crippen MR) is 37.2 cm³/mol. The van der Waals surface area contributed by atoms with Crippen molar-refractivity contribution >= 4 is 5.97 Å². The minimum Gasteiger partial charge on any atom is -0.460 e. The van der Waals surface area contributed by atoms with Crippen LogP contribution in [0.3, 0.4) is 0 Å². The first kappa shape index (κ1) is 8.27. The number of aromatic nitrogens is 1. The highest BCUT2D eigenvalue weighted by atomic mass is 16.5. The summed E-state index contributed by atoms with van der Waals surface area (Å²) in [4.78, 5) is 14.5. The van der Waals surface area contributed by atoms with Gasteiger partial charge in [-0.2, -0.15) is 5.26 Å². The zero-order valence-corrected chi connectivity index (χ0v) is 6.40. The van der Waals surface area contributed by atoms with Gasteiger partial charge in [0, 0.05) is 0 Å². The average molecular weight is 166 g/mol. The minimum atomic E-state index is -0.661. The standard InChI is InChI=1S/C7H6N2O3/c1-2-11-7(10)6-5(3-8)9-4-12-6/h4H,2H2,1H3. The lowest BCUT2D eigenvalue weighted by molar-refractivity contribution is 0.0489. The summed E-state index contributed by atoms with van der Waals surface area (Å²) in [5.74, 6) is -0.800. The molecule has 1 rings (SSSR count). The molecule has 1 aromatic heterocycles. The van der Waals surface area contributed by atoms with E-state index in [9.17, 15) is 4.79 Å². The van der Waals surface area contributed by atoms with Gasteiger partial charge in [-0.25, -0.2) is 9.78 Å². The second-order valence-corrected chi connectivity index (χ2v) is 1.86. The maximum atomic E-state index is 11.0. The van der Waals surface area contributed by atoms with Crippen molar-refractivity contribution in [3.05, 3.63) is 17.8 Å². The Balaban J connectivity index is 2.88. The fraction of sp³-hybridized carbons (Fsp3) is 0.286. The molecule has 0 fully saturated rings. The van der Waals surface area contributed by atoms with Crippen LogP contribution < -0.4 is 0 Å². The van der Waals surface area contributed by atoms with E-state index in [1.54, 1.807) is 13.0 Å². The van der Waals surface area contributed by atoms with Gasteiger partial charge < -0.3 is 9.15 Å². The van der Waals surface area contributed by atoms with Crippen LogP contribution in [0.15, 0.2) is 10.8 Å². The number of carbonyl (C=O) groups is 1. The summed E-state index contributed by atoms with van der Waals surface area (Å²) in [6, 6.07) is 1.71. The molecule has 0 aliphatic heterocycles. The first-order chi connectivity index (χ1) is 5.79. The second-order valence-electron chi connectivity index (χ2n) is 1.86. The zero-order valence-electron chi connectivity index (χ0n) is 6.40. The van der Waals surface area contributed by atoms with Crippen molar-refractivity contribution in [2.75, 3.05) is 6.61 Å². The maximum Gasteiger partial charge on any atom is 0.377 e. The number of hydrogen-bond donors (Lipinski definition) is 0. The third kappa shape index (κ3) is 1.42. The lowest BCUT2D eigenvalue weighted by atomic mass is 10.4. The average Bonchev–Trinajstić information content (AvgIpc) is 2.51. The third-order valence-corrected chi connectivity index (χ3v) is 1.13. The highest BCUT2D eigenvalue weighted by Crippen LogP contribution is 2.06. The Morgan fingerprint density at radius 2 is 2.67 bits per heavy atom. The van der Waals surface area contributed by atoms with E-state index in [1.807, 2.05) is 0 Å². The van der Waals surface area contributed by atoms with Crippen molar-refractivity contribution in [1.82, 2.24) is 4.98 Å². The summed E-state index contributed by atoms with van der Waals surface area (Å²) in [7, 11) is 0. The topological polar surface area (TPSA) is 76.1 Å². The lowest BCUT2D eigenvalue weighted by Crippen LogP contribution is -2.05. The van der Waals surface area contributed by atoms with Gasteiger partial charge in [0.1, 0.15) is 6.07 Å². The van der Waals surface area contributed by atoms with Crippen LogP contribution in [-0.2, 0) is 4.74 Å². The fourth-order valence-corrected chi connectivity index (χ4v) is 0.667. The Morgan fingerprint density at radius 1 is 1.92 bits per heavy atom. The van der Waals surface area contributed by atoms with E-state index in [-0.39, 0.29) is 18.1 Å². The van der Waals surface area contributed by atoms with Crippen molar-refractivity contribution < 1.29 is 13.9 Å². The molecular weight excluding hydrogens is 160 g/mol. The fourth-order valence-electron chi connectivity index (χ4n) is 0.667. The van der Waals surface area contributed by atoms with Crippen molar-refractivity contribution in [3.63, 3.8) is 0 Å². The minimum absolute atomic E-state index is 0.0477. The summed E-state index contributed by atoms with van der Waals surface area (Å²) in [6.45, 7) is 1.91. The van der Waals surface area contributed by atoms with E-state index >= 15 is 0 Å². The molecule has 0 aliphatic carbocycles. The highest BCUT2D eigenvalue weighted by molar-refractivity contribution is 5.88. The van der Waals surface area contributed by atoms with Crippen molar-refractivity contribution in [1.29, 1.82) is 5.26 Å². The van der Waals surface area contributed by atoms with Gasteiger partial charge in [-0.15, -0.1) is 0 Å². The van der Waals surface area contributed by atoms with E-state index in [0.29, 0.717) is 0 Å². The SMILES string of the molecule is CCOC(=O)c1ocnc1C#N. The number of hydrogen-bond acceptors (Lipinski definition) is 5. The van der Waals surface area contributed by atoms with E-state index in [4.69, 9.17) is 5.26 Å². The van der Waals surface area contributed by atoms with Crippen LogP contribution >= 0.6 is 0 Å². The molecule has 0 saturated carbocycles. The summed E-state index contributed by atoms with van der Waals surface area (Å²) in [6.07, 6.45) is 1.03. The summed E-state index contributed by atoms with van der Waals surface area (Å²) >= 11 is 0. The second kappa shape index (κ2) is 3.53. The molecule has 0 aromatic carbocycles. The smallest absolute Gasteiger partial charge is 0.377 e. The van der Waals surface area contributed by atoms with Crippen LogP contribution in [0.25, 0.3) is 0 Å². The molecule has 0 saturated heterocycles. The number of ether oxygens (including phenoxy) is 1. The number of oxazole rings is 1. The Kier molecular flexibility index (Phi) is 2.43. The largest absolute Gasteiger partial charge is 0.460 e. The molecule has 1 aromatic rings. The Labute approximate surface area is 68.6 Å². The van der Waals surface area contributed by atoms with Crippen LogP contribution in [0, 0.1) is 11.3 Å². The molecule has 0 atom stereocenters. The monoisotopic (exact) mass is 166 g/mol. The molecular formula is C7H6N2O3. The molecule has 0 N–H and O–H groups in total. The molecule has 5 heteroatoms. The highest BCUT2D eigenvalue weighted by Gasteiger charge is 2.17. The van der Waals surface area contributed by atoms with Crippen LogP contribution in [0.2, 0.25) is 0 Å². The molecule has 0 aliphatic rings. The summed E-state index contributed by atoms with van der Waals surface area (Å²) in [5, 5.41) is 8.44. The molecule has 0 radical (unpaired) electrons. The molecule has 12 heavy (non-hydrogen) atoms. The lowest BCUT2D eigenvalue weighted by Gasteiger charge is -1.95. The van der Waals surface area contributed by atoms with Gasteiger partial charge in [-0.3, -0.25) is 0 Å². The van der Waals surface area contributed by atoms with Crippen LogP contribution in [0.1, 0.15) is 23.2 Å². The molecule has 5 nitrogen and oxygen atoms in total.